The first-order valence-electron chi connectivity index (χ1n) is 7.45. The minimum Gasteiger partial charge on any atom is -0.362 e. The van der Waals surface area contributed by atoms with Crippen LogP contribution in [0.15, 0.2) is 29.3 Å². The normalized spacial score (nSPS) is 10.8. The number of benzene rings is 1. The summed E-state index contributed by atoms with van der Waals surface area (Å²) in [7, 11) is 3.76. The molecule has 1 aromatic rings. The van der Waals surface area contributed by atoms with Gasteiger partial charge in [0.2, 0.25) is 0 Å². The van der Waals surface area contributed by atoms with E-state index in [1.807, 2.05) is 32.4 Å². The van der Waals surface area contributed by atoms with E-state index in [0.717, 1.165) is 31.6 Å². The summed E-state index contributed by atoms with van der Waals surface area (Å²) in [5.74, 6) is 0. The lowest BCUT2D eigenvalue weighted by Gasteiger charge is -2.11. The average Bonchev–Trinajstić information content (AvgIpc) is 2.49. The highest BCUT2D eigenvalue weighted by Crippen LogP contribution is 2.09. The van der Waals surface area contributed by atoms with Crippen LogP contribution in [-0.4, -0.2) is 32.0 Å². The number of anilines is 1. The van der Waals surface area contributed by atoms with E-state index in [0.29, 0.717) is 5.11 Å². The van der Waals surface area contributed by atoms with Gasteiger partial charge in [0.1, 0.15) is 0 Å². The molecule has 0 heterocycles. The topological polar surface area (TPSA) is 48.5 Å². The molecule has 0 amide bonds. The van der Waals surface area contributed by atoms with Crippen molar-refractivity contribution in [3.63, 3.8) is 0 Å². The molecule has 0 bridgehead atoms. The van der Waals surface area contributed by atoms with Crippen LogP contribution < -0.4 is 16.0 Å². The first kappa shape index (κ1) is 17.6. The van der Waals surface area contributed by atoms with E-state index in [4.69, 9.17) is 12.2 Å². The molecule has 0 aromatic heterocycles. The van der Waals surface area contributed by atoms with Gasteiger partial charge in [0.05, 0.1) is 0 Å². The van der Waals surface area contributed by atoms with Crippen LogP contribution >= 0.6 is 12.2 Å². The van der Waals surface area contributed by atoms with Gasteiger partial charge >= 0.3 is 0 Å². The minimum atomic E-state index is 0.687. The van der Waals surface area contributed by atoms with Gasteiger partial charge in [-0.1, -0.05) is 18.6 Å². The smallest absolute Gasteiger partial charge is 0.170 e. The fourth-order valence-electron chi connectivity index (χ4n) is 1.95. The Morgan fingerprint density at radius 2 is 1.95 bits per heavy atom. The minimum absolute atomic E-state index is 0.687. The van der Waals surface area contributed by atoms with Crippen molar-refractivity contribution < 1.29 is 0 Å². The van der Waals surface area contributed by atoms with Gasteiger partial charge in [0.15, 0.2) is 5.11 Å². The van der Waals surface area contributed by atoms with Crippen molar-refractivity contribution in [2.24, 2.45) is 4.99 Å². The monoisotopic (exact) mass is 306 g/mol. The molecule has 4 nitrogen and oxygen atoms in total. The summed E-state index contributed by atoms with van der Waals surface area (Å²) in [6.45, 7) is 1.79. The highest BCUT2D eigenvalue weighted by Gasteiger charge is 1.98. The van der Waals surface area contributed by atoms with Crippen molar-refractivity contribution in [1.29, 1.82) is 0 Å². The maximum Gasteiger partial charge on any atom is 0.170 e. The maximum atomic E-state index is 5.28. The fraction of sp³-hybridized carbons (Fsp3) is 0.500. The first-order chi connectivity index (χ1) is 10.3. The van der Waals surface area contributed by atoms with Crippen LogP contribution in [0.5, 0.6) is 0 Å². The summed E-state index contributed by atoms with van der Waals surface area (Å²) < 4.78 is 0. The van der Waals surface area contributed by atoms with Gasteiger partial charge in [-0.25, -0.2) is 0 Å². The van der Waals surface area contributed by atoms with Crippen LogP contribution in [0.1, 0.15) is 31.2 Å². The molecule has 0 aliphatic heterocycles. The van der Waals surface area contributed by atoms with Crippen LogP contribution in [0, 0.1) is 0 Å². The standard InChI is InChI=1S/C16H26N4S/c1-17-11-5-3-4-6-12-19-16(21)20-15-9-7-14(8-10-15)13-18-2/h7-11,18H,3-6,12-13H2,1-2H3,(H2,19,20,21). The average molecular weight is 306 g/mol. The SMILES string of the molecule is CN=CCCCCCNC(=S)Nc1ccc(CNC)cc1. The third-order valence-corrected chi connectivity index (χ3v) is 3.32. The Kier molecular flexibility index (Phi) is 9.40. The molecule has 0 saturated heterocycles. The van der Waals surface area contributed by atoms with E-state index in [2.05, 4.69) is 33.1 Å². The van der Waals surface area contributed by atoms with Crippen LogP contribution in [0.25, 0.3) is 0 Å². The molecule has 0 fully saturated rings. The highest BCUT2D eigenvalue weighted by molar-refractivity contribution is 7.80. The Hall–Kier alpha value is -1.46. The zero-order chi connectivity index (χ0) is 15.3. The largest absolute Gasteiger partial charge is 0.362 e. The van der Waals surface area contributed by atoms with E-state index < -0.39 is 0 Å². The van der Waals surface area contributed by atoms with E-state index in [1.54, 1.807) is 0 Å². The quantitative estimate of drug-likeness (QED) is 0.373. The summed E-state index contributed by atoms with van der Waals surface area (Å²) in [5, 5.41) is 10.3. The lowest BCUT2D eigenvalue weighted by molar-refractivity contribution is 0.682. The lowest BCUT2D eigenvalue weighted by Crippen LogP contribution is -2.29. The van der Waals surface area contributed by atoms with Gasteiger partial charge in [-0.3, -0.25) is 0 Å². The van der Waals surface area contributed by atoms with Crippen molar-refractivity contribution in [1.82, 2.24) is 10.6 Å². The predicted octanol–water partition coefficient (Wildman–Crippen LogP) is 2.95. The summed E-state index contributed by atoms with van der Waals surface area (Å²) in [4.78, 5) is 3.97. The van der Waals surface area contributed by atoms with Gasteiger partial charge < -0.3 is 20.9 Å². The number of nitrogens with one attached hydrogen (secondary N) is 3. The Bertz CT molecular complexity index is 428. The second-order valence-electron chi connectivity index (χ2n) is 4.90. The molecule has 116 valence electrons. The molecule has 1 aromatic carbocycles. The van der Waals surface area contributed by atoms with Crippen molar-refractivity contribution >= 4 is 29.2 Å². The molecule has 0 spiro atoms. The molecule has 1 rings (SSSR count). The van der Waals surface area contributed by atoms with Crippen LogP contribution in [-0.2, 0) is 6.54 Å². The summed E-state index contributed by atoms with van der Waals surface area (Å²) in [6, 6.07) is 8.28. The molecule has 0 radical (unpaired) electrons. The number of hydrogen-bond donors (Lipinski definition) is 3. The third kappa shape index (κ3) is 8.42. The van der Waals surface area contributed by atoms with Gasteiger partial charge in [0, 0.05) is 25.8 Å². The molecule has 21 heavy (non-hydrogen) atoms. The Morgan fingerprint density at radius 1 is 1.19 bits per heavy atom. The molecule has 5 heteroatoms. The second-order valence-corrected chi connectivity index (χ2v) is 5.31. The Labute approximate surface area is 133 Å². The van der Waals surface area contributed by atoms with Crippen molar-refractivity contribution in [3.8, 4) is 0 Å². The van der Waals surface area contributed by atoms with E-state index in [9.17, 15) is 0 Å². The molecule has 0 aliphatic carbocycles. The molecule has 3 N–H and O–H groups in total. The predicted molar refractivity (Wildman–Crippen MR) is 96.3 cm³/mol. The number of unbranched alkanes of at least 4 members (excludes halogenated alkanes) is 3. The van der Waals surface area contributed by atoms with E-state index >= 15 is 0 Å². The van der Waals surface area contributed by atoms with E-state index in [-0.39, 0.29) is 0 Å². The van der Waals surface area contributed by atoms with Gasteiger partial charge in [-0.05, 0) is 62.4 Å². The molecular formula is C16H26N4S. The fourth-order valence-corrected chi connectivity index (χ4v) is 2.17. The van der Waals surface area contributed by atoms with Crippen LogP contribution in [0.4, 0.5) is 5.69 Å². The molecular weight excluding hydrogens is 280 g/mol. The van der Waals surface area contributed by atoms with Crippen LogP contribution in [0.3, 0.4) is 0 Å². The van der Waals surface area contributed by atoms with Gasteiger partial charge in [-0.15, -0.1) is 0 Å². The number of aliphatic imine (C=N–C) groups is 1. The number of rotatable bonds is 9. The summed E-state index contributed by atoms with van der Waals surface area (Å²) in [5.41, 5.74) is 2.28. The Morgan fingerprint density at radius 3 is 2.62 bits per heavy atom. The zero-order valence-corrected chi connectivity index (χ0v) is 13.8. The van der Waals surface area contributed by atoms with Gasteiger partial charge in [-0.2, -0.15) is 0 Å². The molecule has 0 saturated carbocycles. The number of nitrogens with zero attached hydrogens (tertiary/aromatic N) is 1. The summed E-state index contributed by atoms with van der Waals surface area (Å²) >= 11 is 5.28. The third-order valence-electron chi connectivity index (χ3n) is 3.07. The summed E-state index contributed by atoms with van der Waals surface area (Å²) in [6.07, 6.45) is 6.54. The van der Waals surface area contributed by atoms with Crippen molar-refractivity contribution in [3.05, 3.63) is 29.8 Å². The van der Waals surface area contributed by atoms with Crippen LogP contribution in [0.2, 0.25) is 0 Å². The molecule has 0 unspecified atom stereocenters. The maximum absolute atomic E-state index is 5.28. The lowest BCUT2D eigenvalue weighted by atomic mass is 10.2. The van der Waals surface area contributed by atoms with Crippen molar-refractivity contribution in [2.45, 2.75) is 32.2 Å². The number of hydrogen-bond acceptors (Lipinski definition) is 3. The number of thiocarbonyl (C=S) groups is 1. The zero-order valence-electron chi connectivity index (χ0n) is 13.0. The van der Waals surface area contributed by atoms with Crippen molar-refractivity contribution in [2.75, 3.05) is 26.0 Å². The second kappa shape index (κ2) is 11.2. The first-order valence-corrected chi connectivity index (χ1v) is 7.86. The molecule has 0 aliphatic rings. The highest BCUT2D eigenvalue weighted by atomic mass is 32.1. The van der Waals surface area contributed by atoms with E-state index in [1.165, 1.54) is 18.4 Å². The van der Waals surface area contributed by atoms with Gasteiger partial charge in [0.25, 0.3) is 0 Å². The Balaban J connectivity index is 2.15. The molecule has 0 atom stereocenters.